The van der Waals surface area contributed by atoms with Crippen LogP contribution in [0.25, 0.3) is 11.1 Å². The van der Waals surface area contributed by atoms with E-state index in [9.17, 15) is 13.2 Å². The summed E-state index contributed by atoms with van der Waals surface area (Å²) in [6.45, 7) is 0. The Kier molecular flexibility index (Phi) is 3.02. The Balaban J connectivity index is 2.76. The zero-order valence-electron chi connectivity index (χ0n) is 9.07. The zero-order valence-corrected chi connectivity index (χ0v) is 9.07. The lowest BCUT2D eigenvalue weighted by Crippen LogP contribution is -2.08. The number of hydrogen-bond donors (Lipinski definition) is 0. The van der Waals surface area contributed by atoms with Crippen molar-refractivity contribution in [3.63, 3.8) is 0 Å². The van der Waals surface area contributed by atoms with Crippen LogP contribution in [0.1, 0.15) is 11.1 Å². The van der Waals surface area contributed by atoms with Crippen molar-refractivity contribution in [2.45, 2.75) is 6.18 Å². The fraction of sp³-hybridized carbons (Fsp3) is 0.0769. The third-order valence-corrected chi connectivity index (χ3v) is 2.44. The Bertz CT molecular complexity index is 598. The second-order valence-corrected chi connectivity index (χ2v) is 3.58. The number of hydrogen-bond acceptors (Lipinski definition) is 2. The molecule has 0 radical (unpaired) electrons. The SMILES string of the molecule is N#Cc1cccc(C(F)(F)F)c1-c1cccnc1. The zero-order chi connectivity index (χ0) is 13.2. The minimum atomic E-state index is -4.50. The summed E-state index contributed by atoms with van der Waals surface area (Å²) in [4.78, 5) is 3.78. The van der Waals surface area contributed by atoms with Gasteiger partial charge in [0.05, 0.1) is 17.2 Å². The standard InChI is InChI=1S/C13H7F3N2/c14-13(15,16)11-5-1-3-9(7-17)12(11)10-4-2-6-18-8-10/h1-6,8H. The van der Waals surface area contributed by atoms with E-state index in [4.69, 9.17) is 5.26 Å². The van der Waals surface area contributed by atoms with E-state index in [2.05, 4.69) is 4.98 Å². The molecule has 0 saturated heterocycles. The number of halogens is 3. The predicted molar refractivity (Wildman–Crippen MR) is 59.4 cm³/mol. The Hall–Kier alpha value is -2.35. The predicted octanol–water partition coefficient (Wildman–Crippen LogP) is 3.64. The second-order valence-electron chi connectivity index (χ2n) is 3.58. The molecule has 2 nitrogen and oxygen atoms in total. The largest absolute Gasteiger partial charge is 0.417 e. The van der Waals surface area contributed by atoms with Crippen molar-refractivity contribution in [2.24, 2.45) is 0 Å². The number of pyridine rings is 1. The van der Waals surface area contributed by atoms with E-state index in [1.165, 1.54) is 36.7 Å². The van der Waals surface area contributed by atoms with Crippen molar-refractivity contribution in [3.8, 4) is 17.2 Å². The molecule has 0 aliphatic heterocycles. The van der Waals surface area contributed by atoms with Gasteiger partial charge < -0.3 is 0 Å². The van der Waals surface area contributed by atoms with E-state index in [1.54, 1.807) is 6.07 Å². The molecule has 0 fully saturated rings. The molecule has 0 atom stereocenters. The van der Waals surface area contributed by atoms with Crippen LogP contribution in [-0.4, -0.2) is 4.98 Å². The number of nitrogens with zero attached hydrogens (tertiary/aromatic N) is 2. The number of benzene rings is 1. The molecule has 2 aromatic rings. The van der Waals surface area contributed by atoms with Crippen LogP contribution in [0.15, 0.2) is 42.7 Å². The van der Waals surface area contributed by atoms with Gasteiger partial charge >= 0.3 is 6.18 Å². The first-order valence-electron chi connectivity index (χ1n) is 5.04. The van der Waals surface area contributed by atoms with Crippen LogP contribution in [-0.2, 0) is 6.18 Å². The van der Waals surface area contributed by atoms with Crippen LogP contribution in [0.4, 0.5) is 13.2 Å². The van der Waals surface area contributed by atoms with Crippen LogP contribution in [0.3, 0.4) is 0 Å². The fourth-order valence-corrected chi connectivity index (χ4v) is 1.70. The Labute approximate surface area is 101 Å². The van der Waals surface area contributed by atoms with Crippen molar-refractivity contribution < 1.29 is 13.2 Å². The molecule has 2 rings (SSSR count). The molecule has 18 heavy (non-hydrogen) atoms. The summed E-state index contributed by atoms with van der Waals surface area (Å²) < 4.78 is 38.8. The van der Waals surface area contributed by atoms with Gasteiger partial charge in [-0.2, -0.15) is 18.4 Å². The summed E-state index contributed by atoms with van der Waals surface area (Å²) in [6, 6.07) is 8.35. The maximum absolute atomic E-state index is 12.9. The summed E-state index contributed by atoms with van der Waals surface area (Å²) in [5, 5.41) is 8.93. The molecule has 0 spiro atoms. The van der Waals surface area contributed by atoms with Crippen molar-refractivity contribution in [2.75, 3.05) is 0 Å². The van der Waals surface area contributed by atoms with Crippen molar-refractivity contribution in [1.82, 2.24) is 4.98 Å². The van der Waals surface area contributed by atoms with E-state index in [0.29, 0.717) is 0 Å². The highest BCUT2D eigenvalue weighted by Gasteiger charge is 2.34. The second kappa shape index (κ2) is 4.49. The number of nitriles is 1. The molecule has 0 bridgehead atoms. The topological polar surface area (TPSA) is 36.7 Å². The first-order chi connectivity index (χ1) is 8.54. The third kappa shape index (κ3) is 2.18. The van der Waals surface area contributed by atoms with E-state index in [1.807, 2.05) is 0 Å². The Morgan fingerprint density at radius 2 is 1.89 bits per heavy atom. The normalized spacial score (nSPS) is 11.0. The minimum Gasteiger partial charge on any atom is -0.264 e. The molecule has 90 valence electrons. The highest BCUT2D eigenvalue weighted by Crippen LogP contribution is 2.38. The average Bonchev–Trinajstić information content (AvgIpc) is 2.38. The summed E-state index contributed by atoms with van der Waals surface area (Å²) in [7, 11) is 0. The monoisotopic (exact) mass is 248 g/mol. The van der Waals surface area contributed by atoms with Gasteiger partial charge in [-0.05, 0) is 18.2 Å². The molecular weight excluding hydrogens is 241 g/mol. The summed E-state index contributed by atoms with van der Waals surface area (Å²) in [6.07, 6.45) is -1.73. The van der Waals surface area contributed by atoms with Crippen molar-refractivity contribution in [1.29, 1.82) is 5.26 Å². The van der Waals surface area contributed by atoms with Gasteiger partial charge in [0.15, 0.2) is 0 Å². The molecule has 1 aromatic carbocycles. The average molecular weight is 248 g/mol. The van der Waals surface area contributed by atoms with Gasteiger partial charge in [0.2, 0.25) is 0 Å². The van der Waals surface area contributed by atoms with E-state index in [0.717, 1.165) is 6.07 Å². The van der Waals surface area contributed by atoms with Crippen molar-refractivity contribution in [3.05, 3.63) is 53.9 Å². The van der Waals surface area contributed by atoms with Gasteiger partial charge in [0, 0.05) is 23.5 Å². The summed E-state index contributed by atoms with van der Waals surface area (Å²) >= 11 is 0. The number of rotatable bonds is 1. The third-order valence-electron chi connectivity index (χ3n) is 2.44. The fourth-order valence-electron chi connectivity index (χ4n) is 1.70. The first kappa shape index (κ1) is 12.1. The molecule has 0 amide bonds. The van der Waals surface area contributed by atoms with Gasteiger partial charge in [0.1, 0.15) is 0 Å². The molecule has 0 N–H and O–H groups in total. The Morgan fingerprint density at radius 1 is 1.11 bits per heavy atom. The number of aromatic nitrogens is 1. The van der Waals surface area contributed by atoms with Crippen LogP contribution < -0.4 is 0 Å². The number of alkyl halides is 3. The maximum Gasteiger partial charge on any atom is 0.417 e. The lowest BCUT2D eigenvalue weighted by atomic mass is 9.95. The van der Waals surface area contributed by atoms with E-state index in [-0.39, 0.29) is 16.7 Å². The highest BCUT2D eigenvalue weighted by molar-refractivity contribution is 5.73. The van der Waals surface area contributed by atoms with Gasteiger partial charge in [-0.15, -0.1) is 0 Å². The molecule has 0 saturated carbocycles. The summed E-state index contributed by atoms with van der Waals surface area (Å²) in [5.74, 6) is 0. The highest BCUT2D eigenvalue weighted by atomic mass is 19.4. The Morgan fingerprint density at radius 3 is 2.44 bits per heavy atom. The quantitative estimate of drug-likeness (QED) is 0.772. The van der Waals surface area contributed by atoms with Gasteiger partial charge in [-0.3, -0.25) is 4.98 Å². The van der Waals surface area contributed by atoms with E-state index >= 15 is 0 Å². The summed E-state index contributed by atoms with van der Waals surface area (Å²) in [5.41, 5.74) is -0.685. The van der Waals surface area contributed by atoms with Crippen LogP contribution in [0, 0.1) is 11.3 Å². The molecule has 0 aliphatic carbocycles. The van der Waals surface area contributed by atoms with Crippen LogP contribution in [0.2, 0.25) is 0 Å². The van der Waals surface area contributed by atoms with Crippen molar-refractivity contribution >= 4 is 0 Å². The smallest absolute Gasteiger partial charge is 0.264 e. The van der Waals surface area contributed by atoms with Gasteiger partial charge in [-0.1, -0.05) is 12.1 Å². The molecule has 0 unspecified atom stereocenters. The molecular formula is C13H7F3N2. The maximum atomic E-state index is 12.9. The molecule has 1 heterocycles. The van der Waals surface area contributed by atoms with E-state index < -0.39 is 11.7 Å². The molecule has 1 aromatic heterocycles. The van der Waals surface area contributed by atoms with Crippen LogP contribution in [0.5, 0.6) is 0 Å². The van der Waals surface area contributed by atoms with Gasteiger partial charge in [-0.25, -0.2) is 0 Å². The van der Waals surface area contributed by atoms with Crippen LogP contribution >= 0.6 is 0 Å². The first-order valence-corrected chi connectivity index (χ1v) is 5.04. The lowest BCUT2D eigenvalue weighted by Gasteiger charge is -2.13. The minimum absolute atomic E-state index is 0.0159. The lowest BCUT2D eigenvalue weighted by molar-refractivity contribution is -0.137. The van der Waals surface area contributed by atoms with Gasteiger partial charge in [0.25, 0.3) is 0 Å². The molecule has 5 heteroatoms. The molecule has 0 aliphatic rings.